The molecule has 0 spiro atoms. The van der Waals surface area contributed by atoms with Gasteiger partial charge in [-0.05, 0) is 36.6 Å². The average molecular weight is 344 g/mol. The number of nitrogens with zero attached hydrogens (tertiary/aromatic N) is 4. The van der Waals surface area contributed by atoms with Gasteiger partial charge in [-0.15, -0.1) is 22.0 Å². The summed E-state index contributed by atoms with van der Waals surface area (Å²) in [5.41, 5.74) is 1.27. The van der Waals surface area contributed by atoms with E-state index in [4.69, 9.17) is 5.11 Å². The fraction of sp³-hybridized carbons (Fsp3) is 0.125. The van der Waals surface area contributed by atoms with E-state index in [1.165, 1.54) is 22.7 Å². The first kappa shape index (κ1) is 16.1. The Labute approximate surface area is 141 Å². The maximum Gasteiger partial charge on any atom is 0.309 e. The number of thioether (sulfide) groups is 1. The van der Waals surface area contributed by atoms with Gasteiger partial charge in [0.25, 0.3) is 0 Å². The summed E-state index contributed by atoms with van der Waals surface area (Å²) in [5, 5.41) is 17.3. The van der Waals surface area contributed by atoms with Gasteiger partial charge in [-0.1, -0.05) is 6.07 Å². The Morgan fingerprint density at radius 1 is 1.33 bits per heavy atom. The molecule has 3 aromatic rings. The molecule has 6 nitrogen and oxygen atoms in total. The summed E-state index contributed by atoms with van der Waals surface area (Å²) in [4.78, 5) is 16.3. The quantitative estimate of drug-likeness (QED) is 0.555. The highest BCUT2D eigenvalue weighted by Gasteiger charge is 2.15. The van der Waals surface area contributed by atoms with Gasteiger partial charge >= 0.3 is 5.97 Å². The average Bonchev–Trinajstić information content (AvgIpc) is 2.89. The van der Waals surface area contributed by atoms with Crippen LogP contribution in [0.4, 0.5) is 15.9 Å². The second kappa shape index (κ2) is 6.79. The van der Waals surface area contributed by atoms with Crippen LogP contribution in [0.15, 0.2) is 57.7 Å². The zero-order valence-electron chi connectivity index (χ0n) is 12.7. The number of benzene rings is 1. The van der Waals surface area contributed by atoms with Gasteiger partial charge in [-0.2, -0.15) is 0 Å². The lowest BCUT2D eigenvalue weighted by atomic mass is 10.3. The Morgan fingerprint density at radius 2 is 2.17 bits per heavy atom. The Hall–Kier alpha value is -2.74. The molecule has 0 radical (unpaired) electrons. The van der Waals surface area contributed by atoms with Crippen molar-refractivity contribution >= 4 is 34.9 Å². The molecule has 1 N–H and O–H groups in total. The summed E-state index contributed by atoms with van der Waals surface area (Å²) in [6.07, 6.45) is 2.84. The van der Waals surface area contributed by atoms with Crippen molar-refractivity contribution < 1.29 is 14.3 Å². The first-order valence-corrected chi connectivity index (χ1v) is 8.23. The summed E-state index contributed by atoms with van der Waals surface area (Å²) in [6, 6.07) is 10.2. The first-order valence-electron chi connectivity index (χ1n) is 7.01. The van der Waals surface area contributed by atoms with Gasteiger partial charge < -0.3 is 5.11 Å². The molecule has 122 valence electrons. The number of aliphatic carboxylic acids is 1. The molecule has 0 atom stereocenters. The highest BCUT2D eigenvalue weighted by atomic mass is 32.2. The molecule has 0 amide bonds. The highest BCUT2D eigenvalue weighted by Crippen LogP contribution is 2.27. The van der Waals surface area contributed by atoms with Crippen molar-refractivity contribution in [2.45, 2.75) is 11.3 Å². The van der Waals surface area contributed by atoms with Crippen molar-refractivity contribution in [2.75, 3.05) is 6.26 Å². The van der Waals surface area contributed by atoms with Crippen LogP contribution in [0.2, 0.25) is 0 Å². The minimum Gasteiger partial charge on any atom is -0.481 e. The van der Waals surface area contributed by atoms with Gasteiger partial charge in [0.1, 0.15) is 11.5 Å². The van der Waals surface area contributed by atoms with Crippen molar-refractivity contribution in [3.8, 4) is 0 Å². The van der Waals surface area contributed by atoms with Crippen LogP contribution in [0.1, 0.15) is 5.69 Å². The molecule has 0 aliphatic carbocycles. The van der Waals surface area contributed by atoms with E-state index in [2.05, 4.69) is 15.2 Å². The van der Waals surface area contributed by atoms with Gasteiger partial charge in [0.2, 0.25) is 0 Å². The SMILES string of the molecule is CSc1cccc(N=Nc2c(CC(=O)O)nc3ccc(F)cn23)c1. The van der Waals surface area contributed by atoms with E-state index in [-0.39, 0.29) is 17.9 Å². The number of aromatic nitrogens is 2. The number of hydrogen-bond donors (Lipinski definition) is 1. The minimum atomic E-state index is -1.04. The lowest BCUT2D eigenvalue weighted by Crippen LogP contribution is -2.00. The number of carbonyl (C=O) groups is 1. The molecule has 0 bridgehead atoms. The molecule has 24 heavy (non-hydrogen) atoms. The monoisotopic (exact) mass is 344 g/mol. The zero-order chi connectivity index (χ0) is 17.1. The third-order valence-electron chi connectivity index (χ3n) is 3.26. The molecule has 1 aromatic carbocycles. The molecular weight excluding hydrogens is 331 g/mol. The smallest absolute Gasteiger partial charge is 0.309 e. The normalized spacial score (nSPS) is 11.4. The fourth-order valence-electron chi connectivity index (χ4n) is 2.20. The lowest BCUT2D eigenvalue weighted by Gasteiger charge is -1.99. The third kappa shape index (κ3) is 3.43. The van der Waals surface area contributed by atoms with Crippen molar-refractivity contribution in [2.24, 2.45) is 10.2 Å². The fourth-order valence-corrected chi connectivity index (χ4v) is 2.65. The number of rotatable bonds is 5. The van der Waals surface area contributed by atoms with Crippen molar-refractivity contribution in [3.63, 3.8) is 0 Å². The van der Waals surface area contributed by atoms with E-state index < -0.39 is 11.8 Å². The van der Waals surface area contributed by atoms with Crippen molar-refractivity contribution in [1.82, 2.24) is 9.38 Å². The highest BCUT2D eigenvalue weighted by molar-refractivity contribution is 7.98. The van der Waals surface area contributed by atoms with Crippen LogP contribution in [0, 0.1) is 5.82 Å². The third-order valence-corrected chi connectivity index (χ3v) is 3.98. The number of carboxylic acids is 1. The molecule has 0 unspecified atom stereocenters. The molecule has 3 rings (SSSR count). The van der Waals surface area contributed by atoms with Crippen molar-refractivity contribution in [3.05, 3.63) is 54.1 Å². The Morgan fingerprint density at radius 3 is 2.92 bits per heavy atom. The molecule has 0 fully saturated rings. The van der Waals surface area contributed by atoms with Gasteiger partial charge in [0.05, 0.1) is 17.8 Å². The molecule has 0 saturated heterocycles. The maximum absolute atomic E-state index is 13.5. The Bertz CT molecular complexity index is 939. The van der Waals surface area contributed by atoms with Crippen LogP contribution < -0.4 is 0 Å². The van der Waals surface area contributed by atoms with Crippen LogP contribution in [0.25, 0.3) is 5.65 Å². The van der Waals surface area contributed by atoms with Crippen LogP contribution in [-0.2, 0) is 11.2 Å². The van der Waals surface area contributed by atoms with E-state index in [1.807, 2.05) is 24.5 Å². The molecule has 0 saturated carbocycles. The number of hydrogen-bond acceptors (Lipinski definition) is 5. The predicted octanol–water partition coefficient (Wildman–Crippen LogP) is 4.24. The lowest BCUT2D eigenvalue weighted by molar-refractivity contribution is -0.136. The van der Waals surface area contributed by atoms with Crippen LogP contribution in [0.3, 0.4) is 0 Å². The van der Waals surface area contributed by atoms with E-state index in [0.717, 1.165) is 4.90 Å². The summed E-state index contributed by atoms with van der Waals surface area (Å²) >= 11 is 1.58. The second-order valence-corrected chi connectivity index (χ2v) is 5.81. The zero-order valence-corrected chi connectivity index (χ0v) is 13.5. The van der Waals surface area contributed by atoms with Crippen molar-refractivity contribution in [1.29, 1.82) is 0 Å². The largest absolute Gasteiger partial charge is 0.481 e. The number of pyridine rings is 1. The summed E-state index contributed by atoms with van der Waals surface area (Å²) in [6.45, 7) is 0. The maximum atomic E-state index is 13.5. The predicted molar refractivity (Wildman–Crippen MR) is 88.9 cm³/mol. The number of fused-ring (bicyclic) bond motifs is 1. The second-order valence-electron chi connectivity index (χ2n) is 4.93. The molecule has 2 aromatic heterocycles. The topological polar surface area (TPSA) is 79.3 Å². The molecular formula is C16H13FN4O2S. The molecule has 0 aliphatic heterocycles. The van der Waals surface area contributed by atoms with Gasteiger partial charge in [-0.25, -0.2) is 9.37 Å². The number of imidazole rings is 1. The van der Waals surface area contributed by atoms with Crippen LogP contribution in [-0.4, -0.2) is 26.7 Å². The Kier molecular flexibility index (Phi) is 4.57. The number of azo groups is 1. The van der Waals surface area contributed by atoms with E-state index in [9.17, 15) is 9.18 Å². The van der Waals surface area contributed by atoms with E-state index in [0.29, 0.717) is 11.3 Å². The van der Waals surface area contributed by atoms with Gasteiger partial charge in [-0.3, -0.25) is 9.20 Å². The first-order chi connectivity index (χ1) is 11.6. The van der Waals surface area contributed by atoms with E-state index in [1.54, 1.807) is 17.8 Å². The summed E-state index contributed by atoms with van der Waals surface area (Å²) < 4.78 is 14.9. The molecule has 8 heteroatoms. The van der Waals surface area contributed by atoms with Crippen LogP contribution >= 0.6 is 11.8 Å². The summed E-state index contributed by atoms with van der Waals surface area (Å²) in [5.74, 6) is -1.30. The molecule has 0 aliphatic rings. The van der Waals surface area contributed by atoms with E-state index >= 15 is 0 Å². The summed E-state index contributed by atoms with van der Waals surface area (Å²) in [7, 11) is 0. The molecule has 2 heterocycles. The van der Waals surface area contributed by atoms with Gasteiger partial charge in [0, 0.05) is 11.1 Å². The number of carboxylic acid groups (broad SMARTS) is 1. The Balaban J connectivity index is 2.07. The standard InChI is InChI=1S/C16H13FN4O2S/c1-24-12-4-2-3-11(7-12)19-20-16-13(8-15(22)23)18-14-6-5-10(17)9-21(14)16/h2-7,9H,8H2,1H3,(H,22,23). The van der Waals surface area contributed by atoms with Crippen LogP contribution in [0.5, 0.6) is 0 Å². The number of halogens is 1. The minimum absolute atomic E-state index is 0.210. The van der Waals surface area contributed by atoms with Gasteiger partial charge in [0.15, 0.2) is 5.82 Å².